The molecule has 1 heterocycles. The molecule has 0 aliphatic carbocycles. The molecule has 34 heavy (non-hydrogen) atoms. The van der Waals surface area contributed by atoms with Gasteiger partial charge in [-0.05, 0) is 11.6 Å². The molecule has 0 radical (unpaired) electrons. The predicted molar refractivity (Wildman–Crippen MR) is 123 cm³/mol. The van der Waals surface area contributed by atoms with E-state index in [4.69, 9.17) is 38.4 Å². The minimum atomic E-state index is -1.07. The largest absolute Gasteiger partial charge is 0.466 e. The van der Waals surface area contributed by atoms with Gasteiger partial charge in [-0.15, -0.1) is 0 Å². The molecule has 0 bridgehead atoms. The minimum absolute atomic E-state index is 0.0872. The molecule has 1 atom stereocenters. The number of halogens is 2. The van der Waals surface area contributed by atoms with E-state index in [0.29, 0.717) is 5.56 Å². The number of anilines is 1. The normalized spacial score (nSPS) is 15.6. The van der Waals surface area contributed by atoms with Gasteiger partial charge in [-0.25, -0.2) is 9.59 Å². The summed E-state index contributed by atoms with van der Waals surface area (Å²) < 4.78 is 9.84. The summed E-state index contributed by atoms with van der Waals surface area (Å²) in [6.45, 7) is 0. The Balaban J connectivity index is 2.45. The SMILES string of the molecule is COC(=O)C1=C(C(=O)OC)N(c2cc(Cl)c([N+](=O)[O-])cc2Cl)C(N)=C(C#N)C1c1ccccc1. The lowest BCUT2D eigenvalue weighted by Crippen LogP contribution is -2.41. The number of nitrogens with two attached hydrogens (primary N) is 1. The second-order valence-corrected chi connectivity index (χ2v) is 7.66. The Hall–Kier alpha value is -4.07. The number of nitrogens with zero attached hydrogens (tertiary/aromatic N) is 3. The summed E-state index contributed by atoms with van der Waals surface area (Å²) in [7, 11) is 2.20. The number of benzene rings is 2. The van der Waals surface area contributed by atoms with Crippen LogP contribution < -0.4 is 10.6 Å². The number of hydrogen-bond donors (Lipinski definition) is 1. The molecule has 0 aromatic heterocycles. The van der Waals surface area contributed by atoms with E-state index in [2.05, 4.69) is 0 Å². The Morgan fingerprint density at radius 1 is 1.12 bits per heavy atom. The molecule has 0 saturated carbocycles. The molecule has 0 spiro atoms. The van der Waals surface area contributed by atoms with Gasteiger partial charge < -0.3 is 15.2 Å². The van der Waals surface area contributed by atoms with Crippen molar-refractivity contribution in [2.45, 2.75) is 5.92 Å². The van der Waals surface area contributed by atoms with E-state index in [1.807, 2.05) is 6.07 Å². The maximum absolute atomic E-state index is 13.0. The highest BCUT2D eigenvalue weighted by molar-refractivity contribution is 6.37. The lowest BCUT2D eigenvalue weighted by atomic mass is 9.81. The number of ether oxygens (including phenoxy) is 2. The first-order valence-corrected chi connectivity index (χ1v) is 10.2. The molecule has 3 rings (SSSR count). The summed E-state index contributed by atoms with van der Waals surface area (Å²) in [5.41, 5.74) is 5.54. The van der Waals surface area contributed by atoms with Gasteiger partial charge in [0.15, 0.2) is 0 Å². The van der Waals surface area contributed by atoms with Crippen molar-refractivity contribution in [1.82, 2.24) is 0 Å². The standard InChI is InChI=1S/C22H16Cl2N4O6/c1-33-21(29)18-17(11-6-4-3-5-7-11)12(10-25)20(26)27(19(18)22(30)34-2)15-8-14(24)16(28(31)32)9-13(15)23/h3-9,17H,26H2,1-2H3. The van der Waals surface area contributed by atoms with E-state index in [9.17, 15) is 25.0 Å². The highest BCUT2D eigenvalue weighted by atomic mass is 35.5. The molecule has 2 aromatic carbocycles. The summed E-state index contributed by atoms with van der Waals surface area (Å²) in [5.74, 6) is -3.25. The number of allylic oxidation sites excluding steroid dienone is 1. The molecule has 2 N–H and O–H groups in total. The van der Waals surface area contributed by atoms with E-state index < -0.39 is 28.5 Å². The van der Waals surface area contributed by atoms with Crippen molar-refractivity contribution in [2.24, 2.45) is 5.73 Å². The van der Waals surface area contributed by atoms with Crippen LogP contribution in [0.2, 0.25) is 10.0 Å². The maximum atomic E-state index is 13.0. The number of nitriles is 1. The van der Waals surface area contributed by atoms with Gasteiger partial charge >= 0.3 is 11.9 Å². The van der Waals surface area contributed by atoms with Gasteiger partial charge in [-0.2, -0.15) is 5.26 Å². The van der Waals surface area contributed by atoms with Gasteiger partial charge in [0.1, 0.15) is 16.5 Å². The maximum Gasteiger partial charge on any atom is 0.355 e. The summed E-state index contributed by atoms with van der Waals surface area (Å²) in [6.07, 6.45) is 0. The predicted octanol–water partition coefficient (Wildman–Crippen LogP) is 3.80. The Bertz CT molecular complexity index is 1300. The molecule has 2 aromatic rings. The number of carbonyl (C=O) groups is 2. The first kappa shape index (κ1) is 24.6. The minimum Gasteiger partial charge on any atom is -0.466 e. The Kier molecular flexibility index (Phi) is 7.10. The van der Waals surface area contributed by atoms with Gasteiger partial charge in [0.25, 0.3) is 5.69 Å². The van der Waals surface area contributed by atoms with Crippen molar-refractivity contribution < 1.29 is 24.0 Å². The molecule has 10 nitrogen and oxygen atoms in total. The number of esters is 2. The van der Waals surface area contributed by atoms with Crippen molar-refractivity contribution >= 4 is 46.5 Å². The van der Waals surface area contributed by atoms with Crippen molar-refractivity contribution in [3.8, 4) is 6.07 Å². The molecule has 1 aliphatic heterocycles. The molecule has 12 heteroatoms. The van der Waals surface area contributed by atoms with Crippen LogP contribution in [0.25, 0.3) is 0 Å². The number of hydrogen-bond acceptors (Lipinski definition) is 9. The van der Waals surface area contributed by atoms with Crippen molar-refractivity contribution in [3.05, 3.63) is 90.9 Å². The van der Waals surface area contributed by atoms with Crippen LogP contribution in [-0.2, 0) is 19.1 Å². The van der Waals surface area contributed by atoms with E-state index in [1.54, 1.807) is 30.3 Å². The van der Waals surface area contributed by atoms with Gasteiger partial charge in [-0.1, -0.05) is 53.5 Å². The Labute approximate surface area is 203 Å². The first-order chi connectivity index (χ1) is 16.2. The fourth-order valence-electron chi connectivity index (χ4n) is 3.60. The molecule has 0 amide bonds. The third-order valence-electron chi connectivity index (χ3n) is 5.06. The first-order valence-electron chi connectivity index (χ1n) is 9.46. The van der Waals surface area contributed by atoms with Crippen LogP contribution in [0, 0.1) is 21.4 Å². The average molecular weight is 503 g/mol. The summed E-state index contributed by atoms with van der Waals surface area (Å²) in [4.78, 5) is 37.5. The van der Waals surface area contributed by atoms with E-state index in [-0.39, 0.29) is 38.4 Å². The second kappa shape index (κ2) is 9.82. The summed E-state index contributed by atoms with van der Waals surface area (Å²) in [6, 6.07) is 12.5. The van der Waals surface area contributed by atoms with Gasteiger partial charge in [0.05, 0.1) is 53.0 Å². The van der Waals surface area contributed by atoms with E-state index in [0.717, 1.165) is 31.3 Å². The van der Waals surface area contributed by atoms with Crippen LogP contribution in [-0.4, -0.2) is 31.1 Å². The van der Waals surface area contributed by atoms with Crippen LogP contribution in [0.1, 0.15) is 11.5 Å². The number of methoxy groups -OCH3 is 2. The van der Waals surface area contributed by atoms with Gasteiger partial charge in [-0.3, -0.25) is 15.0 Å². The lowest BCUT2D eigenvalue weighted by molar-refractivity contribution is -0.384. The molecule has 0 saturated heterocycles. The second-order valence-electron chi connectivity index (χ2n) is 6.85. The van der Waals surface area contributed by atoms with Crippen LogP contribution in [0.3, 0.4) is 0 Å². The van der Waals surface area contributed by atoms with E-state index in [1.165, 1.54) is 0 Å². The average Bonchev–Trinajstić information content (AvgIpc) is 2.83. The Morgan fingerprint density at radius 3 is 2.26 bits per heavy atom. The van der Waals surface area contributed by atoms with Crippen LogP contribution >= 0.6 is 23.2 Å². The van der Waals surface area contributed by atoms with Crippen LogP contribution in [0.15, 0.2) is 65.1 Å². The zero-order valence-corrected chi connectivity index (χ0v) is 19.3. The highest BCUT2D eigenvalue weighted by Gasteiger charge is 2.43. The quantitative estimate of drug-likeness (QED) is 0.365. The third-order valence-corrected chi connectivity index (χ3v) is 5.67. The smallest absolute Gasteiger partial charge is 0.355 e. The number of nitro benzene ring substituents is 1. The van der Waals surface area contributed by atoms with Gasteiger partial charge in [0.2, 0.25) is 0 Å². The number of nitro groups is 1. The Morgan fingerprint density at radius 2 is 1.74 bits per heavy atom. The lowest BCUT2D eigenvalue weighted by Gasteiger charge is -2.36. The topological polar surface area (TPSA) is 149 Å². The number of rotatable bonds is 5. The highest BCUT2D eigenvalue weighted by Crippen LogP contribution is 2.46. The summed E-state index contributed by atoms with van der Waals surface area (Å²) in [5, 5.41) is 20.7. The summed E-state index contributed by atoms with van der Waals surface area (Å²) >= 11 is 12.4. The van der Waals surface area contributed by atoms with Gasteiger partial charge in [0, 0.05) is 6.07 Å². The van der Waals surface area contributed by atoms with Crippen molar-refractivity contribution in [2.75, 3.05) is 19.1 Å². The zero-order chi connectivity index (χ0) is 25.2. The fourth-order valence-corrected chi connectivity index (χ4v) is 4.07. The van der Waals surface area contributed by atoms with Crippen LogP contribution in [0.5, 0.6) is 0 Å². The molecular formula is C22H16Cl2N4O6. The zero-order valence-electron chi connectivity index (χ0n) is 17.7. The molecule has 0 fully saturated rings. The monoisotopic (exact) mass is 502 g/mol. The van der Waals surface area contributed by atoms with Crippen molar-refractivity contribution in [3.63, 3.8) is 0 Å². The van der Waals surface area contributed by atoms with Crippen molar-refractivity contribution in [1.29, 1.82) is 5.26 Å². The number of carbonyl (C=O) groups excluding carboxylic acids is 2. The third kappa shape index (κ3) is 4.14. The molecular weight excluding hydrogens is 487 g/mol. The molecule has 1 aliphatic rings. The van der Waals surface area contributed by atoms with E-state index >= 15 is 0 Å². The molecule has 174 valence electrons. The fraction of sp³-hybridized carbons (Fsp3) is 0.136. The van der Waals surface area contributed by atoms with Crippen LogP contribution in [0.4, 0.5) is 11.4 Å². The molecule has 1 unspecified atom stereocenters.